The Morgan fingerprint density at radius 3 is 2.85 bits per heavy atom. The van der Waals surface area contributed by atoms with Crippen molar-refractivity contribution in [1.29, 1.82) is 0 Å². The second kappa shape index (κ2) is 6.59. The maximum absolute atomic E-state index is 12.7. The minimum Gasteiger partial charge on any atom is -0.359 e. The summed E-state index contributed by atoms with van der Waals surface area (Å²) in [7, 11) is -3.15. The van der Waals surface area contributed by atoms with E-state index < -0.39 is 10.0 Å². The van der Waals surface area contributed by atoms with E-state index in [-0.39, 0.29) is 17.8 Å². The number of H-pyrrole nitrogens is 1. The number of fused-ring (bicyclic) bond motifs is 1. The number of aromatic amines is 1. The lowest BCUT2D eigenvalue weighted by atomic mass is 10.1. The number of likely N-dealkylation sites (tertiary alicyclic amines) is 1. The first-order valence-corrected chi connectivity index (χ1v) is 10.7. The molecule has 7 nitrogen and oxygen atoms in total. The van der Waals surface area contributed by atoms with E-state index in [0.29, 0.717) is 26.1 Å². The molecule has 2 fully saturated rings. The summed E-state index contributed by atoms with van der Waals surface area (Å²) in [4.78, 5) is 17.7. The lowest BCUT2D eigenvalue weighted by Gasteiger charge is -2.36. The third kappa shape index (κ3) is 3.31. The third-order valence-electron chi connectivity index (χ3n) is 5.24. The molecule has 1 atom stereocenters. The van der Waals surface area contributed by atoms with Crippen molar-refractivity contribution in [3.63, 3.8) is 0 Å². The highest BCUT2D eigenvalue weighted by atomic mass is 32.2. The summed E-state index contributed by atoms with van der Waals surface area (Å²) in [6, 6.07) is 7.55. The molecule has 0 aliphatic carbocycles. The van der Waals surface area contributed by atoms with Gasteiger partial charge in [-0.1, -0.05) is 0 Å². The number of sulfonamides is 1. The number of amides is 2. The predicted molar refractivity (Wildman–Crippen MR) is 102 cm³/mol. The molecule has 2 saturated heterocycles. The van der Waals surface area contributed by atoms with Gasteiger partial charge in [0.1, 0.15) is 0 Å². The van der Waals surface area contributed by atoms with Crippen LogP contribution in [0.2, 0.25) is 0 Å². The second-order valence-electron chi connectivity index (χ2n) is 7.21. The number of nitrogens with zero attached hydrogens (tertiary/aromatic N) is 2. The van der Waals surface area contributed by atoms with Crippen molar-refractivity contribution in [2.75, 3.05) is 30.7 Å². The van der Waals surface area contributed by atoms with E-state index in [4.69, 9.17) is 0 Å². The van der Waals surface area contributed by atoms with E-state index in [1.54, 1.807) is 9.21 Å². The predicted octanol–water partition coefficient (Wildman–Crippen LogP) is 2.51. The lowest BCUT2D eigenvalue weighted by molar-refractivity contribution is 0.163. The minimum absolute atomic E-state index is 0.100. The lowest BCUT2D eigenvalue weighted by Crippen LogP contribution is -2.51. The normalized spacial score (nSPS) is 23.4. The van der Waals surface area contributed by atoms with Crippen molar-refractivity contribution >= 4 is 32.6 Å². The summed E-state index contributed by atoms with van der Waals surface area (Å²) in [6.45, 7) is 3.68. The Morgan fingerprint density at radius 2 is 2.08 bits per heavy atom. The second-order valence-corrected chi connectivity index (χ2v) is 9.25. The van der Waals surface area contributed by atoms with E-state index in [1.807, 2.05) is 31.2 Å². The summed E-state index contributed by atoms with van der Waals surface area (Å²) in [5.41, 5.74) is 2.87. The van der Waals surface area contributed by atoms with E-state index in [9.17, 15) is 13.2 Å². The van der Waals surface area contributed by atoms with Crippen LogP contribution in [0.3, 0.4) is 0 Å². The number of urea groups is 1. The van der Waals surface area contributed by atoms with Gasteiger partial charge in [0.25, 0.3) is 0 Å². The van der Waals surface area contributed by atoms with Gasteiger partial charge in [-0.15, -0.1) is 0 Å². The molecule has 3 heterocycles. The molecule has 0 spiro atoms. The molecule has 0 radical (unpaired) electrons. The highest BCUT2D eigenvalue weighted by molar-refractivity contribution is 7.89. The van der Waals surface area contributed by atoms with Crippen LogP contribution in [0, 0.1) is 6.92 Å². The zero-order chi connectivity index (χ0) is 18.3. The number of aryl methyl sites for hydroxylation is 1. The monoisotopic (exact) mass is 376 g/mol. The number of hydrogen-bond acceptors (Lipinski definition) is 3. The highest BCUT2D eigenvalue weighted by Gasteiger charge is 2.37. The standard InChI is InChI=1S/C18H24N4O3S/c1-13-10-14-11-15(5-6-17(14)19-13)20-18(23)21-7-2-4-16(12-21)22-8-3-9-26(22,24)25/h5-6,10-11,16,19H,2-4,7-9,12H2,1H3,(H,20,23). The highest BCUT2D eigenvalue weighted by Crippen LogP contribution is 2.25. The first-order chi connectivity index (χ1) is 12.4. The van der Waals surface area contributed by atoms with Gasteiger partial charge in [-0.3, -0.25) is 0 Å². The molecule has 0 saturated carbocycles. The number of rotatable bonds is 2. The van der Waals surface area contributed by atoms with Gasteiger partial charge >= 0.3 is 6.03 Å². The molecule has 1 aromatic carbocycles. The summed E-state index contributed by atoms with van der Waals surface area (Å²) in [6.07, 6.45) is 2.32. The van der Waals surface area contributed by atoms with Crippen LogP contribution in [0.4, 0.5) is 10.5 Å². The van der Waals surface area contributed by atoms with Gasteiger partial charge in [-0.2, -0.15) is 4.31 Å². The van der Waals surface area contributed by atoms with Crippen LogP contribution in [0.1, 0.15) is 25.0 Å². The SMILES string of the molecule is Cc1cc2cc(NC(=O)N3CCCC(N4CCCS4(=O)=O)C3)ccc2[nH]1. The Kier molecular flexibility index (Phi) is 4.40. The van der Waals surface area contributed by atoms with Crippen LogP contribution in [0.25, 0.3) is 10.9 Å². The van der Waals surface area contributed by atoms with Crippen molar-refractivity contribution in [2.45, 2.75) is 32.2 Å². The molecule has 4 rings (SSSR count). The van der Waals surface area contributed by atoms with Crippen LogP contribution in [0.15, 0.2) is 24.3 Å². The first kappa shape index (κ1) is 17.4. The average Bonchev–Trinajstić information content (AvgIpc) is 3.15. The minimum atomic E-state index is -3.15. The van der Waals surface area contributed by atoms with Crippen LogP contribution in [-0.4, -0.2) is 60.1 Å². The van der Waals surface area contributed by atoms with Crippen molar-refractivity contribution in [1.82, 2.24) is 14.2 Å². The van der Waals surface area contributed by atoms with Gasteiger partial charge in [0.05, 0.1) is 5.75 Å². The van der Waals surface area contributed by atoms with Gasteiger partial charge in [-0.05, 0) is 50.5 Å². The zero-order valence-electron chi connectivity index (χ0n) is 14.9. The average molecular weight is 376 g/mol. The molecule has 0 bridgehead atoms. The van der Waals surface area contributed by atoms with Crippen molar-refractivity contribution in [3.8, 4) is 0 Å². The number of aromatic nitrogens is 1. The van der Waals surface area contributed by atoms with E-state index in [2.05, 4.69) is 10.3 Å². The molecular formula is C18H24N4O3S. The number of anilines is 1. The molecule has 2 N–H and O–H groups in total. The Morgan fingerprint density at radius 1 is 1.23 bits per heavy atom. The topological polar surface area (TPSA) is 85.5 Å². The molecule has 1 aromatic heterocycles. The van der Waals surface area contributed by atoms with Gasteiger partial charge in [-0.25, -0.2) is 13.2 Å². The summed E-state index contributed by atoms with van der Waals surface area (Å²) in [5.74, 6) is 0.228. The number of benzene rings is 1. The molecule has 140 valence electrons. The van der Waals surface area contributed by atoms with Crippen molar-refractivity contribution in [2.24, 2.45) is 0 Å². The van der Waals surface area contributed by atoms with E-state index in [0.717, 1.165) is 35.1 Å². The molecule has 2 aliphatic heterocycles. The van der Waals surface area contributed by atoms with Crippen molar-refractivity contribution < 1.29 is 13.2 Å². The molecule has 2 amide bonds. The number of nitrogens with one attached hydrogen (secondary N) is 2. The Hall–Kier alpha value is -2.06. The Labute approximate surface area is 153 Å². The largest absolute Gasteiger partial charge is 0.359 e. The maximum atomic E-state index is 12.7. The van der Waals surface area contributed by atoms with E-state index in [1.165, 1.54) is 0 Å². The third-order valence-corrected chi connectivity index (χ3v) is 7.24. The van der Waals surface area contributed by atoms with Gasteiger partial charge in [0.15, 0.2) is 0 Å². The fraction of sp³-hybridized carbons (Fsp3) is 0.500. The molecule has 2 aromatic rings. The zero-order valence-corrected chi connectivity index (χ0v) is 15.7. The van der Waals surface area contributed by atoms with Crippen LogP contribution in [0.5, 0.6) is 0 Å². The number of hydrogen-bond donors (Lipinski definition) is 2. The van der Waals surface area contributed by atoms with Gasteiger partial charge in [0.2, 0.25) is 10.0 Å². The van der Waals surface area contributed by atoms with Crippen LogP contribution >= 0.6 is 0 Å². The van der Waals surface area contributed by atoms with Crippen LogP contribution < -0.4 is 5.32 Å². The fourth-order valence-electron chi connectivity index (χ4n) is 4.00. The smallest absolute Gasteiger partial charge is 0.321 e. The Bertz CT molecular complexity index is 937. The van der Waals surface area contributed by atoms with E-state index >= 15 is 0 Å². The fourth-order valence-corrected chi connectivity index (χ4v) is 5.76. The first-order valence-electron chi connectivity index (χ1n) is 9.07. The summed E-state index contributed by atoms with van der Waals surface area (Å²) in [5, 5.41) is 4.01. The Balaban J connectivity index is 1.45. The molecule has 8 heteroatoms. The summed E-state index contributed by atoms with van der Waals surface area (Å²) >= 11 is 0. The van der Waals surface area contributed by atoms with Crippen molar-refractivity contribution in [3.05, 3.63) is 30.0 Å². The maximum Gasteiger partial charge on any atom is 0.321 e. The van der Waals surface area contributed by atoms with Crippen LogP contribution in [-0.2, 0) is 10.0 Å². The molecular weight excluding hydrogens is 352 g/mol. The van der Waals surface area contributed by atoms with Gasteiger partial charge in [0, 0.05) is 48.0 Å². The molecule has 1 unspecified atom stereocenters. The number of piperidine rings is 1. The van der Waals surface area contributed by atoms with Gasteiger partial charge < -0.3 is 15.2 Å². The number of carbonyl (C=O) groups excluding carboxylic acids is 1. The molecule has 2 aliphatic rings. The molecule has 26 heavy (non-hydrogen) atoms. The number of carbonyl (C=O) groups is 1. The quantitative estimate of drug-likeness (QED) is 0.844. The summed E-state index contributed by atoms with van der Waals surface area (Å²) < 4.78 is 25.9.